The van der Waals surface area contributed by atoms with Gasteiger partial charge in [0, 0.05) is 30.6 Å². The maximum absolute atomic E-state index is 14.9. The first-order valence-electron chi connectivity index (χ1n) is 10.2. The Labute approximate surface area is 184 Å². The molecule has 4 rings (SSSR count). The largest absolute Gasteiger partial charge is 0.393 e. The molecule has 0 saturated heterocycles. The van der Waals surface area contributed by atoms with Crippen LogP contribution in [0, 0.1) is 5.82 Å². The van der Waals surface area contributed by atoms with Crippen molar-refractivity contribution in [1.82, 2.24) is 19.7 Å². The van der Waals surface area contributed by atoms with Gasteiger partial charge in [0.25, 0.3) is 12.3 Å². The first-order chi connectivity index (χ1) is 15.5. The summed E-state index contributed by atoms with van der Waals surface area (Å²) in [6.45, 7) is -0.192. The highest BCUT2D eigenvalue weighted by atomic mass is 19.3. The van der Waals surface area contributed by atoms with Crippen LogP contribution in [0.5, 0.6) is 0 Å². The van der Waals surface area contributed by atoms with E-state index in [2.05, 4.69) is 15.4 Å². The first-order valence-corrected chi connectivity index (χ1v) is 10.2. The molecule has 0 bridgehead atoms. The average molecular weight is 477 g/mol. The van der Waals surface area contributed by atoms with Crippen molar-refractivity contribution in [2.24, 2.45) is 0 Å². The summed E-state index contributed by atoms with van der Waals surface area (Å²) in [4.78, 5) is 17.2. The zero-order chi connectivity index (χ0) is 24.1. The monoisotopic (exact) mass is 477 g/mol. The zero-order valence-corrected chi connectivity index (χ0v) is 17.5. The molecule has 2 atom stereocenters. The molecular formula is C20H21F6N5O2. The summed E-state index contributed by atoms with van der Waals surface area (Å²) in [7, 11) is 0. The van der Waals surface area contributed by atoms with Crippen molar-refractivity contribution in [2.45, 2.75) is 63.3 Å². The second kappa shape index (κ2) is 8.19. The quantitative estimate of drug-likeness (QED) is 0.657. The van der Waals surface area contributed by atoms with Gasteiger partial charge in [-0.2, -0.15) is 13.9 Å². The van der Waals surface area contributed by atoms with E-state index < -0.39 is 79.0 Å². The van der Waals surface area contributed by atoms with Crippen molar-refractivity contribution >= 4 is 11.7 Å². The van der Waals surface area contributed by atoms with E-state index >= 15 is 0 Å². The van der Waals surface area contributed by atoms with E-state index in [4.69, 9.17) is 0 Å². The molecule has 0 fully saturated rings. The molecule has 2 amide bonds. The van der Waals surface area contributed by atoms with Gasteiger partial charge in [-0.15, -0.1) is 0 Å². The van der Waals surface area contributed by atoms with E-state index in [1.165, 1.54) is 0 Å². The molecule has 2 N–H and O–H groups in total. The second-order valence-electron chi connectivity index (χ2n) is 8.41. The van der Waals surface area contributed by atoms with Gasteiger partial charge in [0.05, 0.1) is 31.1 Å². The van der Waals surface area contributed by atoms with Gasteiger partial charge in [0.15, 0.2) is 11.5 Å². The van der Waals surface area contributed by atoms with Crippen LogP contribution in [0.3, 0.4) is 0 Å². The second-order valence-corrected chi connectivity index (χ2v) is 8.41. The van der Waals surface area contributed by atoms with Crippen molar-refractivity contribution in [1.29, 1.82) is 0 Å². The number of anilines is 1. The SMILES string of the molecule is C[C@@H]1Cc2nn3c(c2CN1C(=O)Nc1ccnc(C(F)F)c1F)C(F)(F)CCC(F)(CO)C3. The van der Waals surface area contributed by atoms with Crippen molar-refractivity contribution in [2.75, 3.05) is 11.9 Å². The van der Waals surface area contributed by atoms with Crippen molar-refractivity contribution in [3.05, 3.63) is 40.7 Å². The number of amides is 2. The number of aliphatic hydroxyl groups is 1. The Balaban J connectivity index is 1.64. The lowest BCUT2D eigenvalue weighted by molar-refractivity contribution is -0.0324. The maximum atomic E-state index is 14.9. The van der Waals surface area contributed by atoms with Gasteiger partial charge in [0.1, 0.15) is 11.4 Å². The molecule has 2 aromatic rings. The number of aromatic nitrogens is 3. The average Bonchev–Trinajstić information content (AvgIpc) is 3.05. The smallest absolute Gasteiger partial charge is 0.322 e. The Morgan fingerprint density at radius 1 is 1.33 bits per heavy atom. The number of nitrogens with one attached hydrogen (secondary N) is 1. The van der Waals surface area contributed by atoms with Crippen molar-refractivity contribution in [3.63, 3.8) is 0 Å². The van der Waals surface area contributed by atoms with E-state index in [-0.39, 0.29) is 24.2 Å². The third-order valence-corrected chi connectivity index (χ3v) is 6.06. The highest BCUT2D eigenvalue weighted by Crippen LogP contribution is 2.44. The fraction of sp³-hybridized carbons (Fsp3) is 0.550. The maximum Gasteiger partial charge on any atom is 0.322 e. The molecule has 0 radical (unpaired) electrons. The number of carbonyl (C=O) groups excluding carboxylic acids is 1. The Morgan fingerprint density at radius 3 is 2.73 bits per heavy atom. The predicted molar refractivity (Wildman–Crippen MR) is 103 cm³/mol. The summed E-state index contributed by atoms with van der Waals surface area (Å²) in [5, 5.41) is 15.7. The number of halogens is 6. The molecule has 2 aliphatic rings. The Morgan fingerprint density at radius 2 is 2.06 bits per heavy atom. The minimum atomic E-state index is -3.45. The van der Waals surface area contributed by atoms with Crippen molar-refractivity contribution in [3.8, 4) is 0 Å². The van der Waals surface area contributed by atoms with Crippen LogP contribution in [0.15, 0.2) is 12.3 Å². The van der Waals surface area contributed by atoms with Gasteiger partial charge in [-0.3, -0.25) is 9.67 Å². The summed E-state index contributed by atoms with van der Waals surface area (Å²) in [5.74, 6) is -4.84. The number of fused-ring (bicyclic) bond motifs is 3. The minimum Gasteiger partial charge on any atom is -0.393 e. The van der Waals surface area contributed by atoms with Gasteiger partial charge >= 0.3 is 6.03 Å². The highest BCUT2D eigenvalue weighted by molar-refractivity contribution is 5.90. The summed E-state index contributed by atoms with van der Waals surface area (Å²) < 4.78 is 85.6. The molecule has 2 aromatic heterocycles. The number of rotatable bonds is 3. The number of urea groups is 1. The lowest BCUT2D eigenvalue weighted by Gasteiger charge is -2.33. The van der Waals surface area contributed by atoms with Crippen LogP contribution in [0.2, 0.25) is 0 Å². The normalized spacial score (nSPS) is 24.3. The van der Waals surface area contributed by atoms with Gasteiger partial charge in [-0.05, 0) is 19.4 Å². The highest BCUT2D eigenvalue weighted by Gasteiger charge is 2.48. The Hall–Kier alpha value is -2.83. The van der Waals surface area contributed by atoms with Crippen LogP contribution in [-0.4, -0.2) is 49.1 Å². The predicted octanol–water partition coefficient (Wildman–Crippen LogP) is 3.92. The molecule has 1 unspecified atom stereocenters. The Kier molecular flexibility index (Phi) is 5.79. The summed E-state index contributed by atoms with van der Waals surface area (Å²) >= 11 is 0. The summed E-state index contributed by atoms with van der Waals surface area (Å²) in [6, 6.07) is -0.433. The van der Waals surface area contributed by atoms with Crippen LogP contribution in [0.1, 0.15) is 48.8 Å². The number of aliphatic hydroxyl groups excluding tert-OH is 1. The molecule has 0 spiro atoms. The van der Waals surface area contributed by atoms with Gasteiger partial charge in [-0.25, -0.2) is 22.4 Å². The number of carbonyl (C=O) groups is 1. The minimum absolute atomic E-state index is 0.0545. The lowest BCUT2D eigenvalue weighted by atomic mass is 9.95. The topological polar surface area (TPSA) is 83.3 Å². The molecule has 0 aromatic carbocycles. The van der Waals surface area contributed by atoms with Crippen LogP contribution in [-0.2, 0) is 25.4 Å². The summed E-state index contributed by atoms with van der Waals surface area (Å²) in [6.07, 6.45) is -3.62. The van der Waals surface area contributed by atoms with E-state index in [9.17, 15) is 36.2 Å². The van der Waals surface area contributed by atoms with Crippen LogP contribution in [0.25, 0.3) is 0 Å². The fourth-order valence-electron chi connectivity index (χ4n) is 4.26. The fourth-order valence-corrected chi connectivity index (χ4v) is 4.26. The molecule has 0 aliphatic carbocycles. The number of pyridine rings is 1. The van der Waals surface area contributed by atoms with Crippen LogP contribution >= 0.6 is 0 Å². The molecule has 2 aliphatic heterocycles. The van der Waals surface area contributed by atoms with E-state index in [0.717, 1.165) is 21.8 Å². The molecule has 33 heavy (non-hydrogen) atoms. The standard InChI is InChI=1S/C20H21F6N5O2/c1-10-6-13-11(16-20(25,26)4-3-19(24,9-32)8-31(16)29-13)7-30(10)18(33)28-12-2-5-27-15(14(12)21)17(22)23/h2,5,10,17,32H,3-4,6-9H2,1H3,(H,27,28,33)/t10-,19?/m1/s1. The van der Waals surface area contributed by atoms with Gasteiger partial charge in [-0.1, -0.05) is 0 Å². The first kappa shape index (κ1) is 23.3. The van der Waals surface area contributed by atoms with Gasteiger partial charge < -0.3 is 15.3 Å². The molecule has 13 heteroatoms. The lowest BCUT2D eigenvalue weighted by Crippen LogP contribution is -2.45. The van der Waals surface area contributed by atoms with E-state index in [0.29, 0.717) is 0 Å². The third-order valence-electron chi connectivity index (χ3n) is 6.06. The van der Waals surface area contributed by atoms with Crippen LogP contribution < -0.4 is 5.32 Å². The number of hydrogen-bond donors (Lipinski definition) is 2. The zero-order valence-electron chi connectivity index (χ0n) is 17.5. The number of alkyl halides is 5. The van der Waals surface area contributed by atoms with E-state index in [1.54, 1.807) is 6.92 Å². The number of nitrogens with zero attached hydrogens (tertiary/aromatic N) is 4. The van der Waals surface area contributed by atoms with E-state index in [1.807, 2.05) is 0 Å². The summed E-state index contributed by atoms with van der Waals surface area (Å²) in [5.41, 5.74) is -4.09. The molecular weight excluding hydrogens is 456 g/mol. The number of hydrogen-bond acceptors (Lipinski definition) is 4. The van der Waals surface area contributed by atoms with Crippen molar-refractivity contribution < 1.29 is 36.2 Å². The van der Waals surface area contributed by atoms with Gasteiger partial charge in [0.2, 0.25) is 0 Å². The third kappa shape index (κ3) is 4.13. The molecule has 4 heterocycles. The molecule has 7 nitrogen and oxygen atoms in total. The molecule has 0 saturated carbocycles. The molecule has 180 valence electrons. The van der Waals surface area contributed by atoms with Crippen LogP contribution in [0.4, 0.5) is 36.8 Å². The Bertz CT molecular complexity index is 1080.